The van der Waals surface area contributed by atoms with Crippen LogP contribution >= 0.6 is 0 Å². The summed E-state index contributed by atoms with van der Waals surface area (Å²) in [4.78, 5) is 7.82. The molecule has 0 spiro atoms. The van der Waals surface area contributed by atoms with Gasteiger partial charge in [0.25, 0.3) is 0 Å². The predicted octanol–water partition coefficient (Wildman–Crippen LogP) is 3.88. The number of fused-ring (bicyclic) bond motifs is 1. The molecule has 1 aromatic carbocycles. The van der Waals surface area contributed by atoms with Crippen LogP contribution in [0.4, 0.5) is 32.3 Å². The number of halogens is 6. The molecule has 9 heteroatoms. The smallest absolute Gasteiger partial charge is 0.341 e. The fourth-order valence-corrected chi connectivity index (χ4v) is 2.70. The highest BCUT2D eigenvalue weighted by atomic mass is 19.4. The molecular weight excluding hydrogens is 312 g/mol. The van der Waals surface area contributed by atoms with Crippen LogP contribution in [0.25, 0.3) is 11.0 Å². The molecule has 1 aromatic heterocycles. The Labute approximate surface area is 120 Å². The lowest BCUT2D eigenvalue weighted by molar-refractivity contribution is -0.332. The number of anilines is 1. The SMILES string of the molecule is FC(F)(F)C1(C(F)(F)F)CCN(c2nc3ccccc3[nH]2)C1. The second-order valence-electron chi connectivity index (χ2n) is 5.33. The number of H-pyrrole nitrogens is 1. The summed E-state index contributed by atoms with van der Waals surface area (Å²) in [5, 5.41) is 0. The molecular formula is C13H11F6N3. The average molecular weight is 323 g/mol. The number of alkyl halides is 6. The molecule has 0 unspecified atom stereocenters. The predicted molar refractivity (Wildman–Crippen MR) is 67.5 cm³/mol. The lowest BCUT2D eigenvalue weighted by Gasteiger charge is -2.33. The van der Waals surface area contributed by atoms with E-state index in [1.54, 1.807) is 24.3 Å². The van der Waals surface area contributed by atoms with Crippen LogP contribution in [0.3, 0.4) is 0 Å². The van der Waals surface area contributed by atoms with Crippen LogP contribution in [0.1, 0.15) is 6.42 Å². The highest BCUT2D eigenvalue weighted by Gasteiger charge is 2.72. The molecule has 1 aliphatic heterocycles. The number of nitrogens with zero attached hydrogens (tertiary/aromatic N) is 2. The molecule has 120 valence electrons. The molecule has 0 atom stereocenters. The van der Waals surface area contributed by atoms with Gasteiger partial charge >= 0.3 is 12.4 Å². The van der Waals surface area contributed by atoms with Crippen molar-refractivity contribution in [2.24, 2.45) is 5.41 Å². The van der Waals surface area contributed by atoms with E-state index in [0.29, 0.717) is 11.0 Å². The lowest BCUT2D eigenvalue weighted by atomic mass is 9.85. The summed E-state index contributed by atoms with van der Waals surface area (Å²) in [6.07, 6.45) is -11.7. The van der Waals surface area contributed by atoms with E-state index in [-0.39, 0.29) is 12.5 Å². The number of para-hydroxylation sites is 2. The molecule has 0 amide bonds. The highest BCUT2D eigenvalue weighted by Crippen LogP contribution is 2.55. The molecule has 0 radical (unpaired) electrons. The van der Waals surface area contributed by atoms with Gasteiger partial charge < -0.3 is 9.88 Å². The molecule has 3 nitrogen and oxygen atoms in total. The maximum atomic E-state index is 13.0. The Kier molecular flexibility index (Phi) is 3.09. The first-order valence-electron chi connectivity index (χ1n) is 6.47. The summed E-state index contributed by atoms with van der Waals surface area (Å²) in [6.45, 7) is -1.54. The quantitative estimate of drug-likeness (QED) is 0.808. The Morgan fingerprint density at radius 2 is 1.68 bits per heavy atom. The van der Waals surface area contributed by atoms with Crippen molar-refractivity contribution >= 4 is 17.0 Å². The van der Waals surface area contributed by atoms with E-state index in [1.165, 1.54) is 0 Å². The van der Waals surface area contributed by atoms with Crippen molar-refractivity contribution in [2.45, 2.75) is 18.8 Å². The van der Waals surface area contributed by atoms with Crippen molar-refractivity contribution in [3.05, 3.63) is 24.3 Å². The van der Waals surface area contributed by atoms with Gasteiger partial charge in [0.1, 0.15) is 0 Å². The van der Waals surface area contributed by atoms with E-state index >= 15 is 0 Å². The number of imidazole rings is 1. The summed E-state index contributed by atoms with van der Waals surface area (Å²) >= 11 is 0. The van der Waals surface area contributed by atoms with Crippen molar-refractivity contribution in [3.63, 3.8) is 0 Å². The van der Waals surface area contributed by atoms with Crippen LogP contribution in [-0.4, -0.2) is 35.4 Å². The maximum absolute atomic E-state index is 13.0. The van der Waals surface area contributed by atoms with Crippen molar-refractivity contribution < 1.29 is 26.3 Å². The number of aromatic nitrogens is 2. The van der Waals surface area contributed by atoms with Gasteiger partial charge in [0, 0.05) is 13.1 Å². The third kappa shape index (κ3) is 2.10. The van der Waals surface area contributed by atoms with Crippen LogP contribution in [0.15, 0.2) is 24.3 Å². The van der Waals surface area contributed by atoms with Gasteiger partial charge in [0.15, 0.2) is 5.41 Å². The summed E-state index contributed by atoms with van der Waals surface area (Å²) < 4.78 is 78.2. The molecule has 0 saturated carbocycles. The lowest BCUT2D eigenvalue weighted by Crippen LogP contribution is -2.51. The Morgan fingerprint density at radius 1 is 1.05 bits per heavy atom. The Morgan fingerprint density at radius 3 is 2.23 bits per heavy atom. The second kappa shape index (κ2) is 4.53. The fraction of sp³-hybridized carbons (Fsp3) is 0.462. The Bertz CT molecular complexity index is 640. The van der Waals surface area contributed by atoms with E-state index in [0.717, 1.165) is 4.90 Å². The Hall–Kier alpha value is -1.93. The molecule has 2 aromatic rings. The second-order valence-corrected chi connectivity index (χ2v) is 5.33. The topological polar surface area (TPSA) is 31.9 Å². The summed E-state index contributed by atoms with van der Waals surface area (Å²) in [5.41, 5.74) is -2.65. The number of aromatic amines is 1. The fourth-order valence-electron chi connectivity index (χ4n) is 2.70. The summed E-state index contributed by atoms with van der Waals surface area (Å²) in [5.74, 6) is 0.0246. The van der Waals surface area contributed by atoms with Crippen LogP contribution in [0, 0.1) is 5.41 Å². The zero-order chi connectivity index (χ0) is 16.2. The molecule has 0 aliphatic carbocycles. The largest absolute Gasteiger partial charge is 0.404 e. The standard InChI is InChI=1S/C13H11F6N3/c14-12(15,16)11(13(17,18)19)5-6-22(7-11)10-20-8-3-1-2-4-9(8)21-10/h1-4H,5-7H2,(H,20,21). The van der Waals surface area contributed by atoms with Gasteiger partial charge in [0.05, 0.1) is 11.0 Å². The number of hydrogen-bond donors (Lipinski definition) is 1. The molecule has 1 aliphatic rings. The van der Waals surface area contributed by atoms with Gasteiger partial charge in [-0.25, -0.2) is 4.98 Å². The number of benzene rings is 1. The van der Waals surface area contributed by atoms with E-state index in [9.17, 15) is 26.3 Å². The molecule has 1 saturated heterocycles. The Balaban J connectivity index is 1.96. The zero-order valence-corrected chi connectivity index (χ0v) is 11.1. The van der Waals surface area contributed by atoms with Gasteiger partial charge in [-0.05, 0) is 18.6 Å². The van der Waals surface area contributed by atoms with Crippen molar-refractivity contribution in [1.29, 1.82) is 0 Å². The van der Waals surface area contributed by atoms with Crippen molar-refractivity contribution in [2.75, 3.05) is 18.0 Å². The number of hydrogen-bond acceptors (Lipinski definition) is 2. The first kappa shape index (κ1) is 15.0. The zero-order valence-electron chi connectivity index (χ0n) is 11.1. The third-order valence-electron chi connectivity index (χ3n) is 4.03. The van der Waals surface area contributed by atoms with E-state index in [2.05, 4.69) is 9.97 Å². The van der Waals surface area contributed by atoms with Gasteiger partial charge in [0.2, 0.25) is 5.95 Å². The maximum Gasteiger partial charge on any atom is 0.404 e. The highest BCUT2D eigenvalue weighted by molar-refractivity contribution is 5.77. The van der Waals surface area contributed by atoms with Crippen LogP contribution < -0.4 is 4.90 Å². The van der Waals surface area contributed by atoms with Gasteiger partial charge in [-0.3, -0.25) is 0 Å². The third-order valence-corrected chi connectivity index (χ3v) is 4.03. The number of nitrogens with one attached hydrogen (secondary N) is 1. The van der Waals surface area contributed by atoms with Gasteiger partial charge in [-0.1, -0.05) is 12.1 Å². The van der Waals surface area contributed by atoms with Gasteiger partial charge in [-0.2, -0.15) is 26.3 Å². The molecule has 1 N–H and O–H groups in total. The van der Waals surface area contributed by atoms with E-state index in [4.69, 9.17) is 0 Å². The first-order valence-corrected chi connectivity index (χ1v) is 6.47. The van der Waals surface area contributed by atoms with Crippen LogP contribution in [0.2, 0.25) is 0 Å². The number of rotatable bonds is 1. The normalized spacial score (nSPS) is 19.1. The summed E-state index contributed by atoms with van der Waals surface area (Å²) in [6, 6.07) is 6.67. The molecule has 0 bridgehead atoms. The minimum atomic E-state index is -5.36. The van der Waals surface area contributed by atoms with Crippen LogP contribution in [0.5, 0.6) is 0 Å². The van der Waals surface area contributed by atoms with E-state index < -0.39 is 30.7 Å². The van der Waals surface area contributed by atoms with Crippen molar-refractivity contribution in [3.8, 4) is 0 Å². The summed E-state index contributed by atoms with van der Waals surface area (Å²) in [7, 11) is 0. The molecule has 2 heterocycles. The minimum Gasteiger partial charge on any atom is -0.341 e. The van der Waals surface area contributed by atoms with Crippen LogP contribution in [-0.2, 0) is 0 Å². The minimum absolute atomic E-state index is 0.0246. The molecule has 3 rings (SSSR count). The first-order chi connectivity index (χ1) is 10.1. The monoisotopic (exact) mass is 323 g/mol. The van der Waals surface area contributed by atoms with Gasteiger partial charge in [-0.15, -0.1) is 0 Å². The average Bonchev–Trinajstić information content (AvgIpc) is 3.01. The molecule has 1 fully saturated rings. The molecule has 22 heavy (non-hydrogen) atoms. The van der Waals surface area contributed by atoms with E-state index in [1.807, 2.05) is 0 Å². The van der Waals surface area contributed by atoms with Crippen molar-refractivity contribution in [1.82, 2.24) is 9.97 Å².